The van der Waals surface area contributed by atoms with E-state index in [1.807, 2.05) is 6.92 Å². The van der Waals surface area contributed by atoms with E-state index in [-0.39, 0.29) is 11.5 Å². The van der Waals surface area contributed by atoms with Gasteiger partial charge < -0.3 is 5.73 Å². The first-order valence-corrected chi connectivity index (χ1v) is 10.6. The first kappa shape index (κ1) is 21.8. The minimum absolute atomic E-state index is 0.000433. The van der Waals surface area contributed by atoms with E-state index in [9.17, 15) is 18.0 Å². The third-order valence-corrected chi connectivity index (χ3v) is 6.53. The number of hydrogen-bond donors (Lipinski definition) is 1. The number of carbonyl (C=O) groups excluding carboxylic acids is 1. The summed E-state index contributed by atoms with van der Waals surface area (Å²) in [6, 6.07) is 3.38. The second-order valence-corrected chi connectivity index (χ2v) is 8.90. The maximum absolute atomic E-state index is 13.0. The van der Waals surface area contributed by atoms with E-state index in [2.05, 4.69) is 22.3 Å². The number of nitrogens with zero attached hydrogens (tertiary/aromatic N) is 2. The summed E-state index contributed by atoms with van der Waals surface area (Å²) < 4.78 is 38.9. The third kappa shape index (κ3) is 5.57. The normalized spacial score (nSPS) is 20.2. The van der Waals surface area contributed by atoms with Gasteiger partial charge in [0, 0.05) is 23.2 Å². The fourth-order valence-electron chi connectivity index (χ4n) is 4.17. The van der Waals surface area contributed by atoms with Gasteiger partial charge in [0.2, 0.25) is 5.91 Å². The highest BCUT2D eigenvalue weighted by Crippen LogP contribution is 2.39. The van der Waals surface area contributed by atoms with Gasteiger partial charge in [0.05, 0.1) is 12.1 Å². The van der Waals surface area contributed by atoms with Gasteiger partial charge >= 0.3 is 6.18 Å². The van der Waals surface area contributed by atoms with E-state index in [1.165, 1.54) is 6.07 Å². The molecule has 0 bridgehead atoms. The van der Waals surface area contributed by atoms with Crippen molar-refractivity contribution in [2.75, 3.05) is 13.6 Å². The Morgan fingerprint density at radius 3 is 2.52 bits per heavy atom. The molecule has 1 fully saturated rings. The fourth-order valence-corrected chi connectivity index (χ4v) is 5.02. The minimum Gasteiger partial charge on any atom is -0.366 e. The Balaban J connectivity index is 1.60. The van der Waals surface area contributed by atoms with E-state index in [0.717, 1.165) is 61.6 Å². The molecule has 0 aliphatic heterocycles. The van der Waals surface area contributed by atoms with Gasteiger partial charge in [-0.1, -0.05) is 6.07 Å². The number of nitrogens with two attached hydrogens (primary N) is 1. The van der Waals surface area contributed by atoms with Crippen molar-refractivity contribution in [2.24, 2.45) is 11.7 Å². The topological polar surface area (TPSA) is 59.2 Å². The summed E-state index contributed by atoms with van der Waals surface area (Å²) in [4.78, 5) is 18.5. The second-order valence-electron chi connectivity index (χ2n) is 7.96. The molecule has 1 amide bonds. The predicted octanol–water partition coefficient (Wildman–Crippen LogP) is 4.98. The quantitative estimate of drug-likeness (QED) is 0.711. The van der Waals surface area contributed by atoms with Gasteiger partial charge in [0.25, 0.3) is 0 Å². The number of primary amides is 1. The number of halogens is 3. The molecule has 1 heterocycles. The van der Waals surface area contributed by atoms with Crippen LogP contribution in [-0.2, 0) is 12.7 Å². The molecule has 1 aromatic carbocycles. The van der Waals surface area contributed by atoms with Crippen molar-refractivity contribution >= 4 is 17.2 Å². The molecule has 1 saturated carbocycles. The molecule has 2 aromatic rings. The summed E-state index contributed by atoms with van der Waals surface area (Å²) in [6.07, 6.45) is -0.835. The molecular weight excluding hydrogens is 399 g/mol. The van der Waals surface area contributed by atoms with Crippen LogP contribution in [0.1, 0.15) is 63.8 Å². The summed E-state index contributed by atoms with van der Waals surface area (Å²) in [5.74, 6) is -0.196. The van der Waals surface area contributed by atoms with E-state index in [0.29, 0.717) is 11.5 Å². The van der Waals surface area contributed by atoms with Crippen molar-refractivity contribution in [3.8, 4) is 0 Å². The molecule has 0 atom stereocenters. The van der Waals surface area contributed by atoms with E-state index < -0.39 is 17.6 Å². The largest absolute Gasteiger partial charge is 0.416 e. The van der Waals surface area contributed by atoms with Gasteiger partial charge in [-0.05, 0) is 69.2 Å². The molecule has 0 unspecified atom stereocenters. The standard InChI is InChI=1S/C21H26F3N3OS/c1-13-12-29-19(26-13)11-27(2)10-14-3-5-15(6-4-14)17-8-7-16(21(22,23)24)9-18(17)20(25)28/h7-9,12,14-15H,3-6,10-11H2,1-2H3,(H2,25,28)/t14-,15-. The van der Waals surface area contributed by atoms with Crippen LogP contribution >= 0.6 is 11.3 Å². The molecule has 0 saturated heterocycles. The third-order valence-electron chi connectivity index (χ3n) is 5.57. The number of hydrogen-bond acceptors (Lipinski definition) is 4. The highest BCUT2D eigenvalue weighted by atomic mass is 32.1. The number of aryl methyl sites for hydroxylation is 1. The number of benzene rings is 1. The minimum atomic E-state index is -4.49. The van der Waals surface area contributed by atoms with Crippen molar-refractivity contribution in [2.45, 2.75) is 51.2 Å². The molecule has 0 spiro atoms. The Labute approximate surface area is 172 Å². The second kappa shape index (κ2) is 8.83. The summed E-state index contributed by atoms with van der Waals surface area (Å²) in [5, 5.41) is 3.16. The lowest BCUT2D eigenvalue weighted by molar-refractivity contribution is -0.137. The molecule has 29 heavy (non-hydrogen) atoms. The van der Waals surface area contributed by atoms with Crippen LogP contribution in [0.5, 0.6) is 0 Å². The summed E-state index contributed by atoms with van der Waals surface area (Å²) >= 11 is 1.67. The smallest absolute Gasteiger partial charge is 0.366 e. The predicted molar refractivity (Wildman–Crippen MR) is 108 cm³/mol. The van der Waals surface area contributed by atoms with Crippen molar-refractivity contribution in [1.82, 2.24) is 9.88 Å². The van der Waals surface area contributed by atoms with Gasteiger partial charge in [-0.25, -0.2) is 4.98 Å². The molecule has 1 aliphatic carbocycles. The molecule has 158 valence electrons. The first-order chi connectivity index (χ1) is 13.6. The van der Waals surface area contributed by atoms with Crippen LogP contribution in [0.2, 0.25) is 0 Å². The van der Waals surface area contributed by atoms with Crippen molar-refractivity contribution in [1.29, 1.82) is 0 Å². The average molecular weight is 426 g/mol. The number of rotatable bonds is 6. The van der Waals surface area contributed by atoms with Gasteiger partial charge in [0.1, 0.15) is 5.01 Å². The van der Waals surface area contributed by atoms with Crippen molar-refractivity contribution in [3.05, 3.63) is 51.0 Å². The lowest BCUT2D eigenvalue weighted by Gasteiger charge is -2.32. The van der Waals surface area contributed by atoms with E-state index in [4.69, 9.17) is 5.73 Å². The molecule has 4 nitrogen and oxygen atoms in total. The average Bonchev–Trinajstić information content (AvgIpc) is 3.05. The molecule has 0 radical (unpaired) electrons. The molecule has 3 rings (SSSR count). The lowest BCUT2D eigenvalue weighted by Crippen LogP contribution is -2.28. The Morgan fingerprint density at radius 1 is 1.28 bits per heavy atom. The van der Waals surface area contributed by atoms with Crippen LogP contribution < -0.4 is 5.73 Å². The maximum Gasteiger partial charge on any atom is 0.416 e. The molecule has 2 N–H and O–H groups in total. The Bertz CT molecular complexity index is 857. The zero-order valence-electron chi connectivity index (χ0n) is 16.6. The number of aromatic nitrogens is 1. The molecular formula is C21H26F3N3OS. The number of amides is 1. The van der Waals surface area contributed by atoms with Gasteiger partial charge in [-0.3, -0.25) is 9.69 Å². The molecule has 8 heteroatoms. The van der Waals surface area contributed by atoms with Gasteiger partial charge in [-0.2, -0.15) is 13.2 Å². The summed E-state index contributed by atoms with van der Waals surface area (Å²) in [5.41, 5.74) is 6.24. The maximum atomic E-state index is 13.0. The van der Waals surface area contributed by atoms with Crippen LogP contribution in [-0.4, -0.2) is 29.4 Å². The monoisotopic (exact) mass is 425 g/mol. The van der Waals surface area contributed by atoms with Gasteiger partial charge in [0.15, 0.2) is 0 Å². The first-order valence-electron chi connectivity index (χ1n) is 9.74. The van der Waals surface area contributed by atoms with Crippen LogP contribution in [0.3, 0.4) is 0 Å². The molecule has 1 aromatic heterocycles. The van der Waals surface area contributed by atoms with E-state index >= 15 is 0 Å². The zero-order chi connectivity index (χ0) is 21.2. The Kier molecular flexibility index (Phi) is 6.63. The SMILES string of the molecule is Cc1csc(CN(C)C[C@H]2CC[C@H](c3ccc(C(F)(F)F)cc3C(N)=O)CC2)n1. The highest BCUT2D eigenvalue weighted by Gasteiger charge is 2.33. The van der Waals surface area contributed by atoms with Crippen LogP contribution in [0, 0.1) is 12.8 Å². The van der Waals surface area contributed by atoms with E-state index in [1.54, 1.807) is 11.3 Å². The van der Waals surface area contributed by atoms with Crippen LogP contribution in [0.25, 0.3) is 0 Å². The Hall–Kier alpha value is -1.93. The van der Waals surface area contributed by atoms with Crippen molar-refractivity contribution in [3.63, 3.8) is 0 Å². The van der Waals surface area contributed by atoms with Crippen LogP contribution in [0.4, 0.5) is 13.2 Å². The van der Waals surface area contributed by atoms with Crippen LogP contribution in [0.15, 0.2) is 23.6 Å². The summed E-state index contributed by atoms with van der Waals surface area (Å²) in [6.45, 7) is 3.77. The fraction of sp³-hybridized carbons (Fsp3) is 0.524. The molecule has 1 aliphatic rings. The van der Waals surface area contributed by atoms with Crippen molar-refractivity contribution < 1.29 is 18.0 Å². The zero-order valence-corrected chi connectivity index (χ0v) is 17.4. The number of alkyl halides is 3. The Morgan fingerprint density at radius 2 is 1.97 bits per heavy atom. The number of thiazole rings is 1. The van der Waals surface area contributed by atoms with Gasteiger partial charge in [-0.15, -0.1) is 11.3 Å². The lowest BCUT2D eigenvalue weighted by atomic mass is 9.77. The number of carbonyl (C=O) groups is 1. The highest BCUT2D eigenvalue weighted by molar-refractivity contribution is 7.09. The summed E-state index contributed by atoms with van der Waals surface area (Å²) in [7, 11) is 2.09.